The molecule has 0 aromatic rings. The zero-order valence-electron chi connectivity index (χ0n) is 8.17. The number of alkyl halides is 3. The topological polar surface area (TPSA) is 44.1 Å². The average Bonchev–Trinajstić information content (AvgIpc) is 2.09. The third kappa shape index (κ3) is 5.81. The number of carbonyl (C=O) groups excluding carboxylic acids is 1. The highest BCUT2D eigenvalue weighted by Crippen LogP contribution is 2.20. The fourth-order valence-corrected chi connectivity index (χ4v) is 0.710. The standard InChI is InChI=1S/C9H9ClF2N2O/c1-14(2)6-7(5-13)3-4-8(15)9(10,11)12/h3-4,6H,1-2H3/b4-3+,7-6-. The maximum Gasteiger partial charge on any atom is 0.384 e. The van der Waals surface area contributed by atoms with Gasteiger partial charge in [0.2, 0.25) is 5.78 Å². The van der Waals surface area contributed by atoms with E-state index in [1.165, 1.54) is 6.20 Å². The molecular formula is C9H9ClF2N2O. The van der Waals surface area contributed by atoms with Crippen LogP contribution in [0.3, 0.4) is 0 Å². The predicted molar refractivity (Wildman–Crippen MR) is 52.3 cm³/mol. The molecule has 0 aliphatic rings. The Hall–Kier alpha value is -1.41. The summed E-state index contributed by atoms with van der Waals surface area (Å²) in [4.78, 5) is 12.2. The summed E-state index contributed by atoms with van der Waals surface area (Å²) in [5.74, 6) is -1.55. The second kappa shape index (κ2) is 5.47. The van der Waals surface area contributed by atoms with Gasteiger partial charge in [-0.25, -0.2) is 0 Å². The number of ketones is 1. The van der Waals surface area contributed by atoms with Crippen LogP contribution >= 0.6 is 11.6 Å². The summed E-state index contributed by atoms with van der Waals surface area (Å²) in [5, 5.41) is 4.64. The molecule has 0 saturated heterocycles. The lowest BCUT2D eigenvalue weighted by Gasteiger charge is -2.04. The lowest BCUT2D eigenvalue weighted by atomic mass is 10.2. The van der Waals surface area contributed by atoms with E-state index in [4.69, 9.17) is 5.26 Å². The first-order chi connectivity index (χ1) is 6.77. The third-order valence-electron chi connectivity index (χ3n) is 1.22. The van der Waals surface area contributed by atoms with Crippen molar-refractivity contribution in [3.63, 3.8) is 0 Å². The van der Waals surface area contributed by atoms with Gasteiger partial charge in [0, 0.05) is 20.3 Å². The number of nitrogens with zero attached hydrogens (tertiary/aromatic N) is 2. The van der Waals surface area contributed by atoms with Crippen LogP contribution in [-0.4, -0.2) is 30.2 Å². The molecule has 0 heterocycles. The number of hydrogen-bond acceptors (Lipinski definition) is 3. The molecule has 0 N–H and O–H groups in total. The molecule has 0 saturated carbocycles. The Morgan fingerprint density at radius 1 is 1.47 bits per heavy atom. The van der Waals surface area contributed by atoms with E-state index in [1.54, 1.807) is 25.1 Å². The fraction of sp³-hybridized carbons (Fsp3) is 0.333. The highest BCUT2D eigenvalue weighted by Gasteiger charge is 2.33. The first-order valence-electron chi connectivity index (χ1n) is 3.85. The summed E-state index contributed by atoms with van der Waals surface area (Å²) in [6, 6.07) is 1.73. The minimum absolute atomic E-state index is 0.0780. The molecule has 0 radical (unpaired) electrons. The molecule has 0 amide bonds. The molecule has 0 aromatic carbocycles. The van der Waals surface area contributed by atoms with Crippen LogP contribution in [0.2, 0.25) is 0 Å². The van der Waals surface area contributed by atoms with Crippen LogP contribution in [0, 0.1) is 11.3 Å². The lowest BCUT2D eigenvalue weighted by Crippen LogP contribution is -2.18. The van der Waals surface area contributed by atoms with E-state index in [1.807, 2.05) is 0 Å². The molecule has 15 heavy (non-hydrogen) atoms. The smallest absolute Gasteiger partial charge is 0.382 e. The predicted octanol–water partition coefficient (Wildman–Crippen LogP) is 1.91. The van der Waals surface area contributed by atoms with Crippen molar-refractivity contribution in [1.82, 2.24) is 4.90 Å². The maximum atomic E-state index is 12.2. The van der Waals surface area contributed by atoms with Gasteiger partial charge in [-0.1, -0.05) is 0 Å². The number of rotatable bonds is 4. The molecule has 0 aliphatic carbocycles. The van der Waals surface area contributed by atoms with Gasteiger partial charge in [0.15, 0.2) is 0 Å². The van der Waals surface area contributed by atoms with Crippen molar-refractivity contribution in [2.24, 2.45) is 0 Å². The van der Waals surface area contributed by atoms with Gasteiger partial charge in [0.25, 0.3) is 0 Å². The van der Waals surface area contributed by atoms with E-state index < -0.39 is 11.2 Å². The zero-order valence-corrected chi connectivity index (χ0v) is 8.92. The Balaban J connectivity index is 4.67. The number of allylic oxidation sites excluding steroid dienone is 3. The van der Waals surface area contributed by atoms with Crippen molar-refractivity contribution in [1.29, 1.82) is 5.26 Å². The Morgan fingerprint density at radius 3 is 2.33 bits per heavy atom. The van der Waals surface area contributed by atoms with Crippen molar-refractivity contribution in [2.45, 2.75) is 5.38 Å². The zero-order chi connectivity index (χ0) is 12.1. The monoisotopic (exact) mass is 234 g/mol. The van der Waals surface area contributed by atoms with Crippen LogP contribution in [-0.2, 0) is 4.79 Å². The highest BCUT2D eigenvalue weighted by atomic mass is 35.5. The molecule has 0 atom stereocenters. The Labute approximate surface area is 91.2 Å². The molecular weight excluding hydrogens is 226 g/mol. The summed E-state index contributed by atoms with van der Waals surface area (Å²) in [7, 11) is 3.31. The van der Waals surface area contributed by atoms with E-state index in [9.17, 15) is 13.6 Å². The third-order valence-corrected chi connectivity index (χ3v) is 1.41. The molecule has 0 aliphatic heterocycles. The normalized spacial score (nSPS) is 12.7. The Bertz CT molecular complexity index is 337. The Morgan fingerprint density at radius 2 is 2.00 bits per heavy atom. The summed E-state index contributed by atoms with van der Waals surface area (Å²) < 4.78 is 24.4. The lowest BCUT2D eigenvalue weighted by molar-refractivity contribution is -0.128. The van der Waals surface area contributed by atoms with E-state index >= 15 is 0 Å². The van der Waals surface area contributed by atoms with Crippen molar-refractivity contribution in [2.75, 3.05) is 14.1 Å². The van der Waals surface area contributed by atoms with Crippen LogP contribution < -0.4 is 0 Å². The Kier molecular flexibility index (Phi) is 4.95. The second-order valence-corrected chi connectivity index (χ2v) is 3.33. The van der Waals surface area contributed by atoms with E-state index in [-0.39, 0.29) is 5.57 Å². The van der Waals surface area contributed by atoms with E-state index in [2.05, 4.69) is 11.6 Å². The average molecular weight is 235 g/mol. The van der Waals surface area contributed by atoms with Crippen LogP contribution in [0.5, 0.6) is 0 Å². The van der Waals surface area contributed by atoms with Gasteiger partial charge in [-0.2, -0.15) is 14.0 Å². The first kappa shape index (κ1) is 13.6. The quantitative estimate of drug-likeness (QED) is 0.323. The van der Waals surface area contributed by atoms with Gasteiger partial charge in [0.05, 0.1) is 5.57 Å². The molecule has 0 spiro atoms. The molecule has 0 aromatic heterocycles. The van der Waals surface area contributed by atoms with E-state index in [0.717, 1.165) is 6.08 Å². The largest absolute Gasteiger partial charge is 0.384 e. The number of carbonyl (C=O) groups is 1. The molecule has 6 heteroatoms. The molecule has 0 bridgehead atoms. The SMILES string of the molecule is CN(C)/C=C(C#N)/C=C/C(=O)C(F)(F)Cl. The van der Waals surface area contributed by atoms with Gasteiger partial charge in [-0.3, -0.25) is 4.79 Å². The van der Waals surface area contributed by atoms with Gasteiger partial charge >= 0.3 is 5.38 Å². The number of hydrogen-bond donors (Lipinski definition) is 0. The fourth-order valence-electron chi connectivity index (χ4n) is 0.647. The van der Waals surface area contributed by atoms with Crippen molar-refractivity contribution < 1.29 is 13.6 Å². The molecule has 0 unspecified atom stereocenters. The first-order valence-corrected chi connectivity index (χ1v) is 4.22. The van der Waals surface area contributed by atoms with Crippen molar-refractivity contribution in [3.05, 3.63) is 23.9 Å². The van der Waals surface area contributed by atoms with Gasteiger partial charge in [0.1, 0.15) is 6.07 Å². The minimum atomic E-state index is -3.92. The molecule has 3 nitrogen and oxygen atoms in total. The summed E-state index contributed by atoms with van der Waals surface area (Å²) in [6.45, 7) is 0. The second-order valence-electron chi connectivity index (χ2n) is 2.86. The van der Waals surface area contributed by atoms with Gasteiger partial charge in [-0.15, -0.1) is 0 Å². The van der Waals surface area contributed by atoms with Crippen molar-refractivity contribution in [3.8, 4) is 6.07 Å². The number of nitriles is 1. The summed E-state index contributed by atoms with van der Waals surface area (Å²) in [6.07, 6.45) is 2.94. The van der Waals surface area contributed by atoms with Crippen LogP contribution in [0.25, 0.3) is 0 Å². The minimum Gasteiger partial charge on any atom is -0.382 e. The summed E-state index contributed by atoms with van der Waals surface area (Å²) >= 11 is 4.47. The maximum absolute atomic E-state index is 12.2. The molecule has 82 valence electrons. The van der Waals surface area contributed by atoms with E-state index in [0.29, 0.717) is 6.08 Å². The van der Waals surface area contributed by atoms with Crippen LogP contribution in [0.1, 0.15) is 0 Å². The molecule has 0 rings (SSSR count). The van der Waals surface area contributed by atoms with Crippen molar-refractivity contribution >= 4 is 17.4 Å². The van der Waals surface area contributed by atoms with Crippen LogP contribution in [0.4, 0.5) is 8.78 Å². The summed E-state index contributed by atoms with van der Waals surface area (Å²) in [5.41, 5.74) is 0.0780. The highest BCUT2D eigenvalue weighted by molar-refractivity contribution is 6.34. The van der Waals surface area contributed by atoms with Gasteiger partial charge in [-0.05, 0) is 23.8 Å². The number of halogens is 3. The molecule has 0 fully saturated rings. The van der Waals surface area contributed by atoms with Gasteiger partial charge < -0.3 is 4.90 Å². The van der Waals surface area contributed by atoms with Crippen LogP contribution in [0.15, 0.2) is 23.9 Å².